The molecule has 0 unspecified atom stereocenters. The minimum Gasteiger partial charge on any atom is -0.444 e. The summed E-state index contributed by atoms with van der Waals surface area (Å²) in [6, 6.07) is 0. The first kappa shape index (κ1) is 13.1. The van der Waals surface area contributed by atoms with E-state index in [4.69, 9.17) is 4.42 Å². The van der Waals surface area contributed by atoms with E-state index < -0.39 is 0 Å². The molecule has 0 radical (unpaired) electrons. The molecule has 5 heteroatoms. The van der Waals surface area contributed by atoms with Crippen molar-refractivity contribution in [3.8, 4) is 0 Å². The number of piperidine rings is 1. The van der Waals surface area contributed by atoms with Gasteiger partial charge in [0.2, 0.25) is 11.8 Å². The molecule has 1 aromatic rings. The summed E-state index contributed by atoms with van der Waals surface area (Å²) in [5, 5.41) is 6.19. The van der Waals surface area contributed by atoms with E-state index >= 15 is 0 Å². The molecule has 0 spiro atoms. The highest BCUT2D eigenvalue weighted by atomic mass is 16.4. The Morgan fingerprint density at radius 2 is 2.28 bits per heavy atom. The fraction of sp³-hybridized carbons (Fsp3) is 0.692. The number of rotatable bonds is 4. The number of nitrogens with one attached hydrogen (secondary N) is 2. The maximum absolute atomic E-state index is 12.2. The molecule has 1 fully saturated rings. The van der Waals surface area contributed by atoms with Crippen molar-refractivity contribution in [3.63, 3.8) is 0 Å². The topological polar surface area (TPSA) is 67.2 Å². The van der Waals surface area contributed by atoms with Crippen molar-refractivity contribution in [1.82, 2.24) is 15.6 Å². The maximum Gasteiger partial charge on any atom is 0.226 e. The second-order valence-electron chi connectivity index (χ2n) is 5.07. The minimum atomic E-state index is -0.259. The Bertz CT molecular complexity index is 408. The zero-order chi connectivity index (χ0) is 13.0. The van der Waals surface area contributed by atoms with Crippen LogP contribution in [0.2, 0.25) is 0 Å². The monoisotopic (exact) mass is 251 g/mol. The maximum atomic E-state index is 12.2. The first-order valence-corrected chi connectivity index (χ1v) is 6.56. The predicted octanol–water partition coefficient (Wildman–Crippen LogP) is 1.24. The molecule has 1 aliphatic heterocycles. The van der Waals surface area contributed by atoms with E-state index in [1.165, 1.54) is 0 Å². The van der Waals surface area contributed by atoms with Crippen molar-refractivity contribution < 1.29 is 9.21 Å². The quantitative estimate of drug-likeness (QED) is 0.845. The van der Waals surface area contributed by atoms with E-state index in [1.54, 1.807) is 6.20 Å². The SMILES string of the molecule is CCc1cnc(CNC(=O)C2(C)CCNCC2)o1. The second-order valence-corrected chi connectivity index (χ2v) is 5.07. The number of amides is 1. The molecule has 1 aromatic heterocycles. The highest BCUT2D eigenvalue weighted by molar-refractivity contribution is 5.82. The molecule has 2 heterocycles. The van der Waals surface area contributed by atoms with Gasteiger partial charge in [-0.1, -0.05) is 13.8 Å². The van der Waals surface area contributed by atoms with Crippen molar-refractivity contribution in [2.45, 2.75) is 39.7 Å². The molecule has 100 valence electrons. The van der Waals surface area contributed by atoms with Crippen molar-refractivity contribution in [2.75, 3.05) is 13.1 Å². The van der Waals surface area contributed by atoms with Gasteiger partial charge in [-0.15, -0.1) is 0 Å². The van der Waals surface area contributed by atoms with Gasteiger partial charge < -0.3 is 15.1 Å². The Kier molecular flexibility index (Phi) is 4.01. The summed E-state index contributed by atoms with van der Waals surface area (Å²) in [6.07, 6.45) is 4.30. The Morgan fingerprint density at radius 3 is 2.89 bits per heavy atom. The highest BCUT2D eigenvalue weighted by Gasteiger charge is 2.34. The number of hydrogen-bond acceptors (Lipinski definition) is 4. The summed E-state index contributed by atoms with van der Waals surface area (Å²) in [4.78, 5) is 16.3. The third-order valence-corrected chi connectivity index (χ3v) is 3.61. The number of nitrogens with zero attached hydrogens (tertiary/aromatic N) is 1. The van der Waals surface area contributed by atoms with Crippen LogP contribution < -0.4 is 10.6 Å². The van der Waals surface area contributed by atoms with Crippen LogP contribution >= 0.6 is 0 Å². The average molecular weight is 251 g/mol. The Labute approximate surface area is 107 Å². The molecule has 2 rings (SSSR count). The van der Waals surface area contributed by atoms with Gasteiger partial charge >= 0.3 is 0 Å². The number of aryl methyl sites for hydroxylation is 1. The molecule has 0 atom stereocenters. The number of carbonyl (C=O) groups excluding carboxylic acids is 1. The van der Waals surface area contributed by atoms with Crippen LogP contribution in [0, 0.1) is 5.41 Å². The van der Waals surface area contributed by atoms with Gasteiger partial charge in [0.1, 0.15) is 5.76 Å². The lowest BCUT2D eigenvalue weighted by atomic mass is 9.80. The molecule has 2 N–H and O–H groups in total. The van der Waals surface area contributed by atoms with E-state index in [0.29, 0.717) is 12.4 Å². The summed E-state index contributed by atoms with van der Waals surface area (Å²) in [7, 11) is 0. The van der Waals surface area contributed by atoms with Crippen LogP contribution in [0.5, 0.6) is 0 Å². The molecule has 1 amide bonds. The number of hydrogen-bond donors (Lipinski definition) is 2. The average Bonchev–Trinajstić information content (AvgIpc) is 2.84. The van der Waals surface area contributed by atoms with E-state index in [2.05, 4.69) is 15.6 Å². The van der Waals surface area contributed by atoms with Crippen LogP contribution in [0.3, 0.4) is 0 Å². The fourth-order valence-electron chi connectivity index (χ4n) is 2.17. The zero-order valence-corrected chi connectivity index (χ0v) is 11.1. The molecule has 1 saturated heterocycles. The van der Waals surface area contributed by atoms with Gasteiger partial charge in [0.05, 0.1) is 12.7 Å². The standard InChI is InChI=1S/C13H21N3O2/c1-3-10-8-15-11(18-10)9-16-12(17)13(2)4-6-14-7-5-13/h8,14H,3-7,9H2,1-2H3,(H,16,17). The molecule has 0 saturated carbocycles. The smallest absolute Gasteiger partial charge is 0.226 e. The lowest BCUT2D eigenvalue weighted by molar-refractivity contribution is -0.131. The van der Waals surface area contributed by atoms with Gasteiger partial charge in [-0.2, -0.15) is 0 Å². The molecule has 5 nitrogen and oxygen atoms in total. The second kappa shape index (κ2) is 5.52. The van der Waals surface area contributed by atoms with Crippen LogP contribution in [0.1, 0.15) is 38.3 Å². The third-order valence-electron chi connectivity index (χ3n) is 3.61. The van der Waals surface area contributed by atoms with Gasteiger partial charge in [0.15, 0.2) is 0 Å². The van der Waals surface area contributed by atoms with Gasteiger partial charge in [0, 0.05) is 11.8 Å². The molecule has 1 aliphatic rings. The largest absolute Gasteiger partial charge is 0.444 e. The normalized spacial score (nSPS) is 18.6. The Balaban J connectivity index is 1.87. The van der Waals surface area contributed by atoms with Gasteiger partial charge in [0.25, 0.3) is 0 Å². The summed E-state index contributed by atoms with van der Waals surface area (Å²) in [6.45, 7) is 6.23. The zero-order valence-electron chi connectivity index (χ0n) is 11.1. The van der Waals surface area contributed by atoms with Gasteiger partial charge in [-0.25, -0.2) is 4.98 Å². The van der Waals surface area contributed by atoms with Crippen LogP contribution in [-0.2, 0) is 17.8 Å². The molecule has 0 aromatic carbocycles. The summed E-state index contributed by atoms with van der Waals surface area (Å²) in [5.41, 5.74) is -0.259. The van der Waals surface area contributed by atoms with Crippen LogP contribution in [0.25, 0.3) is 0 Å². The molecule has 0 aliphatic carbocycles. The fourth-order valence-corrected chi connectivity index (χ4v) is 2.17. The van der Waals surface area contributed by atoms with E-state index in [9.17, 15) is 4.79 Å². The molecule has 0 bridgehead atoms. The number of oxazole rings is 1. The number of aromatic nitrogens is 1. The van der Waals surface area contributed by atoms with Crippen LogP contribution in [0.15, 0.2) is 10.6 Å². The van der Waals surface area contributed by atoms with E-state index in [-0.39, 0.29) is 11.3 Å². The summed E-state index contributed by atoms with van der Waals surface area (Å²) >= 11 is 0. The first-order valence-electron chi connectivity index (χ1n) is 6.56. The van der Waals surface area contributed by atoms with Gasteiger partial charge in [-0.05, 0) is 25.9 Å². The molecular formula is C13H21N3O2. The Hall–Kier alpha value is -1.36. The predicted molar refractivity (Wildman–Crippen MR) is 67.9 cm³/mol. The highest BCUT2D eigenvalue weighted by Crippen LogP contribution is 2.27. The van der Waals surface area contributed by atoms with Gasteiger partial charge in [-0.3, -0.25) is 4.79 Å². The summed E-state index contributed by atoms with van der Waals surface area (Å²) in [5.74, 6) is 1.53. The van der Waals surface area contributed by atoms with Crippen LogP contribution in [0.4, 0.5) is 0 Å². The first-order chi connectivity index (χ1) is 8.64. The van der Waals surface area contributed by atoms with Crippen molar-refractivity contribution in [1.29, 1.82) is 0 Å². The van der Waals surface area contributed by atoms with E-state index in [0.717, 1.165) is 38.1 Å². The lowest BCUT2D eigenvalue weighted by Gasteiger charge is -2.32. The van der Waals surface area contributed by atoms with Crippen molar-refractivity contribution in [3.05, 3.63) is 17.8 Å². The summed E-state index contributed by atoms with van der Waals surface area (Å²) < 4.78 is 5.47. The number of carbonyl (C=O) groups is 1. The Morgan fingerprint density at radius 1 is 1.56 bits per heavy atom. The molecule has 18 heavy (non-hydrogen) atoms. The van der Waals surface area contributed by atoms with E-state index in [1.807, 2.05) is 13.8 Å². The minimum absolute atomic E-state index is 0.0975. The molecular weight excluding hydrogens is 230 g/mol. The van der Waals surface area contributed by atoms with Crippen LogP contribution in [-0.4, -0.2) is 24.0 Å². The third kappa shape index (κ3) is 2.90. The van der Waals surface area contributed by atoms with Crippen molar-refractivity contribution >= 4 is 5.91 Å². The lowest BCUT2D eigenvalue weighted by Crippen LogP contribution is -2.45. The van der Waals surface area contributed by atoms with Crippen molar-refractivity contribution in [2.24, 2.45) is 5.41 Å².